The lowest BCUT2D eigenvalue weighted by molar-refractivity contribution is 0.689. The van der Waals surface area contributed by atoms with E-state index in [1.165, 1.54) is 0 Å². The third kappa shape index (κ3) is 4.20. The van der Waals surface area contributed by atoms with Gasteiger partial charge in [0.25, 0.3) is 0 Å². The monoisotopic (exact) mass is 395 g/mol. The Morgan fingerprint density at radius 2 is 1.00 bits per heavy atom. The lowest BCUT2D eigenvalue weighted by Gasteiger charge is -2.25. The van der Waals surface area contributed by atoms with Gasteiger partial charge >= 0.3 is 0 Å². The summed E-state index contributed by atoms with van der Waals surface area (Å²) in [4.78, 5) is 3.56. The Bertz CT molecular complexity index is 1070. The van der Waals surface area contributed by atoms with Gasteiger partial charge in [-0.05, 0) is 54.1 Å². The summed E-state index contributed by atoms with van der Waals surface area (Å²) >= 11 is 0. The van der Waals surface area contributed by atoms with Crippen molar-refractivity contribution < 1.29 is 4.21 Å². The summed E-state index contributed by atoms with van der Waals surface area (Å²) in [5.74, 6) is 0. The first-order valence-corrected chi connectivity index (χ1v) is 10.6. The van der Waals surface area contributed by atoms with Gasteiger partial charge in [-0.15, -0.1) is 0 Å². The highest BCUT2D eigenvalue weighted by atomic mass is 32.2. The van der Waals surface area contributed by atoms with Gasteiger partial charge in [-0.25, -0.2) is 4.21 Å². The van der Waals surface area contributed by atoms with Gasteiger partial charge in [-0.1, -0.05) is 73.3 Å². The predicted octanol–water partition coefficient (Wildman–Crippen LogP) is 6.93. The summed E-state index contributed by atoms with van der Waals surface area (Å²) in [7, 11) is -1.28. The lowest BCUT2D eigenvalue weighted by Crippen LogP contribution is -2.09. The fourth-order valence-electron chi connectivity index (χ4n) is 3.19. The van der Waals surface area contributed by atoms with Crippen molar-refractivity contribution in [2.75, 3.05) is 4.90 Å². The highest BCUT2D eigenvalue weighted by Gasteiger charge is 2.14. The minimum Gasteiger partial charge on any atom is -0.311 e. The zero-order valence-corrected chi connectivity index (χ0v) is 16.8. The lowest BCUT2D eigenvalue weighted by atomic mass is 10.1. The molecule has 0 aliphatic rings. The minimum absolute atomic E-state index is 0.605. The van der Waals surface area contributed by atoms with Gasteiger partial charge < -0.3 is 4.90 Å². The highest BCUT2D eigenvalue weighted by molar-refractivity contribution is 7.94. The maximum absolute atomic E-state index is 12.8. The standard InChI is InChI=1S/C26H21NOS/c1-21(29(28)26-15-9-4-10-16-26)22-17-19-25(20-18-22)27(23-11-5-2-6-12-23)24-13-7-3-8-14-24/h2-20H,1H2/t29-/m1/s1. The van der Waals surface area contributed by atoms with Crippen LogP contribution in [0.3, 0.4) is 0 Å². The van der Waals surface area contributed by atoms with Crippen LogP contribution in [0.4, 0.5) is 17.1 Å². The van der Waals surface area contributed by atoms with E-state index in [9.17, 15) is 4.21 Å². The van der Waals surface area contributed by atoms with Crippen LogP contribution in [-0.4, -0.2) is 4.21 Å². The Morgan fingerprint density at radius 3 is 1.48 bits per heavy atom. The number of benzene rings is 4. The van der Waals surface area contributed by atoms with Crippen LogP contribution in [0.25, 0.3) is 4.91 Å². The third-order valence-corrected chi connectivity index (χ3v) is 6.04. The molecule has 0 saturated heterocycles. The van der Waals surface area contributed by atoms with Crippen molar-refractivity contribution in [3.05, 3.63) is 127 Å². The van der Waals surface area contributed by atoms with Crippen molar-refractivity contribution in [3.8, 4) is 0 Å². The normalized spacial score (nSPS) is 11.6. The molecule has 0 amide bonds. The number of nitrogens with zero attached hydrogens (tertiary/aromatic N) is 1. The Hall–Kier alpha value is -3.43. The summed E-state index contributed by atoms with van der Waals surface area (Å²) in [5.41, 5.74) is 4.07. The molecule has 0 spiro atoms. The second kappa shape index (κ2) is 8.72. The van der Waals surface area contributed by atoms with Crippen molar-refractivity contribution in [1.82, 2.24) is 0 Å². The van der Waals surface area contributed by atoms with Crippen molar-refractivity contribution >= 4 is 32.8 Å². The van der Waals surface area contributed by atoms with Gasteiger partial charge in [-0.2, -0.15) is 0 Å². The Kier molecular flexibility index (Phi) is 5.68. The van der Waals surface area contributed by atoms with E-state index >= 15 is 0 Å². The molecule has 0 radical (unpaired) electrons. The topological polar surface area (TPSA) is 20.3 Å². The molecule has 0 N–H and O–H groups in total. The highest BCUT2D eigenvalue weighted by Crippen LogP contribution is 2.35. The molecule has 2 nitrogen and oxygen atoms in total. The second-order valence-electron chi connectivity index (χ2n) is 6.56. The molecule has 0 aromatic heterocycles. The van der Waals surface area contributed by atoms with E-state index in [2.05, 4.69) is 35.7 Å². The molecular formula is C26H21NOS. The molecule has 4 aromatic rings. The molecule has 0 heterocycles. The summed E-state index contributed by atoms with van der Waals surface area (Å²) < 4.78 is 12.8. The largest absolute Gasteiger partial charge is 0.311 e. The van der Waals surface area contributed by atoms with Crippen LogP contribution in [-0.2, 0) is 10.8 Å². The molecule has 142 valence electrons. The van der Waals surface area contributed by atoms with E-state index in [-0.39, 0.29) is 0 Å². The van der Waals surface area contributed by atoms with Crippen LogP contribution in [0.15, 0.2) is 127 Å². The van der Waals surface area contributed by atoms with Crippen molar-refractivity contribution in [1.29, 1.82) is 0 Å². The molecule has 29 heavy (non-hydrogen) atoms. The van der Waals surface area contributed by atoms with Crippen LogP contribution in [0.1, 0.15) is 5.56 Å². The van der Waals surface area contributed by atoms with Crippen molar-refractivity contribution in [3.63, 3.8) is 0 Å². The summed E-state index contributed by atoms with van der Waals surface area (Å²) in [6.45, 7) is 4.08. The quantitative estimate of drug-likeness (QED) is 0.353. The fourth-order valence-corrected chi connectivity index (χ4v) is 4.23. The Morgan fingerprint density at radius 1 is 0.586 bits per heavy atom. The van der Waals surface area contributed by atoms with Gasteiger partial charge in [0.2, 0.25) is 0 Å². The first-order valence-electron chi connectivity index (χ1n) is 9.40. The first-order chi connectivity index (χ1) is 14.2. The molecule has 0 aliphatic carbocycles. The Balaban J connectivity index is 1.66. The van der Waals surface area contributed by atoms with E-state index in [1.807, 2.05) is 91.0 Å². The number of hydrogen-bond acceptors (Lipinski definition) is 2. The maximum Gasteiger partial charge on any atom is 0.0849 e. The molecule has 0 fully saturated rings. The predicted molar refractivity (Wildman–Crippen MR) is 123 cm³/mol. The van der Waals surface area contributed by atoms with Crippen LogP contribution in [0.2, 0.25) is 0 Å². The summed E-state index contributed by atoms with van der Waals surface area (Å²) in [6.07, 6.45) is 0. The summed E-state index contributed by atoms with van der Waals surface area (Å²) in [5, 5.41) is 0. The maximum atomic E-state index is 12.8. The van der Waals surface area contributed by atoms with Crippen LogP contribution < -0.4 is 4.90 Å². The molecule has 0 unspecified atom stereocenters. The minimum atomic E-state index is -1.28. The van der Waals surface area contributed by atoms with E-state index in [0.29, 0.717) is 4.91 Å². The average Bonchev–Trinajstić information content (AvgIpc) is 2.81. The molecule has 0 bridgehead atoms. The molecule has 4 aromatic carbocycles. The number of anilines is 3. The van der Waals surface area contributed by atoms with E-state index in [4.69, 9.17) is 0 Å². The SMILES string of the molecule is C=C(c1ccc(N(c2ccccc2)c2ccccc2)cc1)[S@@](=O)c1ccccc1. The molecule has 0 saturated carbocycles. The zero-order chi connectivity index (χ0) is 20.1. The first kappa shape index (κ1) is 18.9. The average molecular weight is 396 g/mol. The van der Waals surface area contributed by atoms with Gasteiger partial charge in [0.15, 0.2) is 0 Å². The van der Waals surface area contributed by atoms with Gasteiger partial charge in [-0.3, -0.25) is 0 Å². The number of hydrogen-bond donors (Lipinski definition) is 0. The molecule has 1 atom stereocenters. The molecule has 0 aliphatic heterocycles. The number of para-hydroxylation sites is 2. The van der Waals surface area contributed by atoms with E-state index < -0.39 is 10.8 Å². The van der Waals surface area contributed by atoms with Gasteiger partial charge in [0.1, 0.15) is 0 Å². The van der Waals surface area contributed by atoms with Gasteiger partial charge in [0, 0.05) is 26.9 Å². The fraction of sp³-hybridized carbons (Fsp3) is 0. The van der Waals surface area contributed by atoms with Crippen LogP contribution >= 0.6 is 0 Å². The third-order valence-electron chi connectivity index (χ3n) is 4.66. The second-order valence-corrected chi connectivity index (χ2v) is 8.06. The molecule has 3 heteroatoms. The molecular weight excluding hydrogens is 374 g/mol. The van der Waals surface area contributed by atoms with E-state index in [1.54, 1.807) is 0 Å². The van der Waals surface area contributed by atoms with Gasteiger partial charge in [0.05, 0.1) is 10.8 Å². The van der Waals surface area contributed by atoms with Crippen molar-refractivity contribution in [2.45, 2.75) is 4.90 Å². The Labute approximate surface area is 174 Å². The smallest absolute Gasteiger partial charge is 0.0849 e. The van der Waals surface area contributed by atoms with E-state index in [0.717, 1.165) is 27.5 Å². The zero-order valence-electron chi connectivity index (χ0n) is 15.9. The molecule has 4 rings (SSSR count). The van der Waals surface area contributed by atoms with Crippen LogP contribution in [0, 0.1) is 0 Å². The van der Waals surface area contributed by atoms with Crippen LogP contribution in [0.5, 0.6) is 0 Å². The summed E-state index contributed by atoms with van der Waals surface area (Å²) in [6, 6.07) is 38.0. The number of rotatable bonds is 6. The van der Waals surface area contributed by atoms with Crippen molar-refractivity contribution in [2.24, 2.45) is 0 Å².